The number of ether oxygens (including phenoxy) is 1. The Bertz CT molecular complexity index is 497. The SMILES string of the molecule is Cc1nc(NN)c(C)c(N2CC(C)(C)OC(C)(C)C2)n1. The molecular weight excluding hydrogens is 254 g/mol. The van der Waals surface area contributed by atoms with Crippen molar-refractivity contribution in [2.75, 3.05) is 23.4 Å². The highest BCUT2D eigenvalue weighted by molar-refractivity contribution is 5.58. The molecule has 0 atom stereocenters. The normalized spacial score (nSPS) is 20.9. The molecule has 6 nitrogen and oxygen atoms in total. The highest BCUT2D eigenvalue weighted by Gasteiger charge is 2.39. The summed E-state index contributed by atoms with van der Waals surface area (Å²) in [4.78, 5) is 11.2. The number of anilines is 2. The average molecular weight is 279 g/mol. The second-order valence-corrected chi connectivity index (χ2v) is 6.69. The van der Waals surface area contributed by atoms with E-state index in [4.69, 9.17) is 10.6 Å². The van der Waals surface area contributed by atoms with Crippen LogP contribution in [0.15, 0.2) is 0 Å². The second-order valence-electron chi connectivity index (χ2n) is 6.69. The maximum absolute atomic E-state index is 6.11. The van der Waals surface area contributed by atoms with Crippen LogP contribution in [0.1, 0.15) is 39.1 Å². The van der Waals surface area contributed by atoms with E-state index in [0.29, 0.717) is 11.6 Å². The molecule has 3 N–H and O–H groups in total. The molecule has 1 aliphatic heterocycles. The van der Waals surface area contributed by atoms with Crippen LogP contribution in [0.25, 0.3) is 0 Å². The minimum absolute atomic E-state index is 0.219. The molecule has 1 aromatic rings. The molecule has 2 heterocycles. The van der Waals surface area contributed by atoms with Gasteiger partial charge in [0.05, 0.1) is 11.2 Å². The molecule has 0 spiro atoms. The molecular formula is C14H25N5O. The van der Waals surface area contributed by atoms with E-state index in [1.807, 2.05) is 13.8 Å². The molecule has 0 aromatic carbocycles. The highest BCUT2D eigenvalue weighted by atomic mass is 16.5. The van der Waals surface area contributed by atoms with Crippen molar-refractivity contribution in [3.8, 4) is 0 Å². The summed E-state index contributed by atoms with van der Waals surface area (Å²) in [6.07, 6.45) is 0. The quantitative estimate of drug-likeness (QED) is 0.635. The molecule has 0 bridgehead atoms. The van der Waals surface area contributed by atoms with E-state index in [-0.39, 0.29) is 11.2 Å². The molecule has 2 rings (SSSR count). The molecule has 0 unspecified atom stereocenters. The third-order valence-electron chi connectivity index (χ3n) is 3.36. The van der Waals surface area contributed by atoms with Gasteiger partial charge in [-0.15, -0.1) is 0 Å². The largest absolute Gasteiger partial charge is 0.366 e. The zero-order chi connectivity index (χ0) is 15.1. The zero-order valence-electron chi connectivity index (χ0n) is 13.2. The summed E-state index contributed by atoms with van der Waals surface area (Å²) >= 11 is 0. The van der Waals surface area contributed by atoms with Crippen LogP contribution in [0, 0.1) is 13.8 Å². The van der Waals surface area contributed by atoms with E-state index in [0.717, 1.165) is 24.5 Å². The first-order valence-corrected chi connectivity index (χ1v) is 6.90. The molecule has 0 saturated carbocycles. The lowest BCUT2D eigenvalue weighted by Crippen LogP contribution is -2.57. The highest BCUT2D eigenvalue weighted by Crippen LogP contribution is 2.33. The smallest absolute Gasteiger partial charge is 0.148 e. The number of aromatic nitrogens is 2. The van der Waals surface area contributed by atoms with Gasteiger partial charge in [0.15, 0.2) is 0 Å². The Labute approximate surface area is 120 Å². The number of morpholine rings is 1. The average Bonchev–Trinajstić information content (AvgIpc) is 2.27. The van der Waals surface area contributed by atoms with Crippen molar-refractivity contribution < 1.29 is 4.74 Å². The van der Waals surface area contributed by atoms with Gasteiger partial charge >= 0.3 is 0 Å². The third kappa shape index (κ3) is 3.02. The number of hydrazine groups is 1. The molecule has 0 aliphatic carbocycles. The molecule has 1 fully saturated rings. The van der Waals surface area contributed by atoms with Crippen molar-refractivity contribution >= 4 is 11.6 Å². The summed E-state index contributed by atoms with van der Waals surface area (Å²) in [7, 11) is 0. The Morgan fingerprint density at radius 2 is 1.65 bits per heavy atom. The molecule has 20 heavy (non-hydrogen) atoms. The van der Waals surface area contributed by atoms with Gasteiger partial charge in [-0.3, -0.25) is 0 Å². The molecule has 6 heteroatoms. The van der Waals surface area contributed by atoms with Gasteiger partial charge in [0.25, 0.3) is 0 Å². The molecule has 112 valence electrons. The predicted octanol–water partition coefficient (Wildman–Crippen LogP) is 1.77. The third-order valence-corrected chi connectivity index (χ3v) is 3.36. The Kier molecular flexibility index (Phi) is 3.64. The number of nitrogen functional groups attached to an aromatic ring is 1. The number of nitrogens with two attached hydrogens (primary N) is 1. The van der Waals surface area contributed by atoms with Crippen LogP contribution in [0.4, 0.5) is 11.6 Å². The van der Waals surface area contributed by atoms with Crippen molar-refractivity contribution in [1.29, 1.82) is 0 Å². The lowest BCUT2D eigenvalue weighted by atomic mass is 9.98. The van der Waals surface area contributed by atoms with E-state index >= 15 is 0 Å². The number of hydrogen-bond acceptors (Lipinski definition) is 6. The van der Waals surface area contributed by atoms with Crippen molar-refractivity contribution in [1.82, 2.24) is 9.97 Å². The van der Waals surface area contributed by atoms with Crippen molar-refractivity contribution in [3.63, 3.8) is 0 Å². The summed E-state index contributed by atoms with van der Waals surface area (Å²) < 4.78 is 6.11. The van der Waals surface area contributed by atoms with Gasteiger partial charge in [0, 0.05) is 18.7 Å². The van der Waals surface area contributed by atoms with Gasteiger partial charge in [-0.1, -0.05) is 0 Å². The molecule has 0 amide bonds. The minimum atomic E-state index is -0.219. The standard InChI is InChI=1S/C14H25N5O/c1-9-11(18-15)16-10(2)17-12(9)19-7-13(3,4)20-14(5,6)8-19/h7-8,15H2,1-6H3,(H,16,17,18). The van der Waals surface area contributed by atoms with Gasteiger partial charge in [-0.05, 0) is 41.5 Å². The zero-order valence-corrected chi connectivity index (χ0v) is 13.2. The number of hydrogen-bond donors (Lipinski definition) is 2. The number of rotatable bonds is 2. The lowest BCUT2D eigenvalue weighted by molar-refractivity contribution is -0.133. The van der Waals surface area contributed by atoms with Gasteiger partial charge in [-0.25, -0.2) is 15.8 Å². The van der Waals surface area contributed by atoms with Crippen LogP contribution in [-0.2, 0) is 4.74 Å². The maximum atomic E-state index is 6.11. The second kappa shape index (κ2) is 4.86. The molecule has 1 saturated heterocycles. The fourth-order valence-corrected chi connectivity index (χ4v) is 3.00. The minimum Gasteiger partial charge on any atom is -0.366 e. The van der Waals surface area contributed by atoms with Crippen LogP contribution >= 0.6 is 0 Å². The van der Waals surface area contributed by atoms with E-state index in [1.165, 1.54) is 0 Å². The first-order valence-electron chi connectivity index (χ1n) is 6.90. The Hall–Kier alpha value is -1.40. The summed E-state index contributed by atoms with van der Waals surface area (Å²) in [5.74, 6) is 7.85. The van der Waals surface area contributed by atoms with Crippen molar-refractivity contribution in [3.05, 3.63) is 11.4 Å². The van der Waals surface area contributed by atoms with Crippen LogP contribution in [0.5, 0.6) is 0 Å². The van der Waals surface area contributed by atoms with Gasteiger partial charge in [0.1, 0.15) is 17.5 Å². The summed E-state index contributed by atoms with van der Waals surface area (Å²) in [5.41, 5.74) is 3.17. The summed E-state index contributed by atoms with van der Waals surface area (Å²) in [5, 5.41) is 0. The topological polar surface area (TPSA) is 76.3 Å². The Morgan fingerprint density at radius 1 is 1.10 bits per heavy atom. The van der Waals surface area contributed by atoms with Gasteiger partial charge < -0.3 is 15.1 Å². The lowest BCUT2D eigenvalue weighted by Gasteiger charge is -2.48. The van der Waals surface area contributed by atoms with E-state index < -0.39 is 0 Å². The van der Waals surface area contributed by atoms with E-state index in [1.54, 1.807) is 0 Å². The van der Waals surface area contributed by atoms with E-state index in [2.05, 4.69) is 48.0 Å². The number of nitrogens with zero attached hydrogens (tertiary/aromatic N) is 3. The van der Waals surface area contributed by atoms with Crippen LogP contribution in [0.3, 0.4) is 0 Å². The molecule has 0 radical (unpaired) electrons. The van der Waals surface area contributed by atoms with E-state index in [9.17, 15) is 0 Å². The fourth-order valence-electron chi connectivity index (χ4n) is 3.00. The van der Waals surface area contributed by atoms with Gasteiger partial charge in [0.2, 0.25) is 0 Å². The van der Waals surface area contributed by atoms with Gasteiger partial charge in [-0.2, -0.15) is 0 Å². The molecule has 1 aliphatic rings. The number of nitrogens with one attached hydrogen (secondary N) is 1. The first-order chi connectivity index (χ1) is 9.13. The van der Waals surface area contributed by atoms with Crippen LogP contribution in [-0.4, -0.2) is 34.3 Å². The van der Waals surface area contributed by atoms with Crippen molar-refractivity contribution in [2.24, 2.45) is 5.84 Å². The maximum Gasteiger partial charge on any atom is 0.148 e. The first kappa shape index (κ1) is 15.0. The number of aryl methyl sites for hydroxylation is 1. The summed E-state index contributed by atoms with van der Waals surface area (Å²) in [6.45, 7) is 13.9. The monoisotopic (exact) mass is 279 g/mol. The predicted molar refractivity (Wildman–Crippen MR) is 80.8 cm³/mol. The Balaban J connectivity index is 2.43. The van der Waals surface area contributed by atoms with Crippen LogP contribution in [0.2, 0.25) is 0 Å². The molecule has 1 aromatic heterocycles. The fraction of sp³-hybridized carbons (Fsp3) is 0.714. The Morgan fingerprint density at radius 3 is 2.15 bits per heavy atom. The van der Waals surface area contributed by atoms with Crippen molar-refractivity contribution in [2.45, 2.75) is 52.7 Å². The van der Waals surface area contributed by atoms with Crippen LogP contribution < -0.4 is 16.2 Å². The summed E-state index contributed by atoms with van der Waals surface area (Å²) in [6, 6.07) is 0.